The number of hydrogen-bond donors (Lipinski definition) is 2. The van der Waals surface area contributed by atoms with Gasteiger partial charge in [0.25, 0.3) is 0 Å². The predicted molar refractivity (Wildman–Crippen MR) is 54.6 cm³/mol. The van der Waals surface area contributed by atoms with Gasteiger partial charge in [-0.05, 0) is 27.1 Å². The van der Waals surface area contributed by atoms with E-state index in [0.29, 0.717) is 0 Å². The van der Waals surface area contributed by atoms with Crippen molar-refractivity contribution in [3.05, 3.63) is 0 Å². The molecule has 0 saturated carbocycles. The fourth-order valence-corrected chi connectivity index (χ4v) is 0.627. The van der Waals surface area contributed by atoms with Crippen molar-refractivity contribution < 1.29 is 4.74 Å². The summed E-state index contributed by atoms with van der Waals surface area (Å²) >= 11 is 0. The highest BCUT2D eigenvalue weighted by Crippen LogP contribution is 1.78. The molecule has 0 saturated heterocycles. The Hall–Kier alpha value is -0.120. The SMILES string of the molecule is CC.CNCCCOCCNC. The molecule has 2 N–H and O–H groups in total. The third-order valence-electron chi connectivity index (χ3n) is 1.21. The van der Waals surface area contributed by atoms with Crippen molar-refractivity contribution in [3.63, 3.8) is 0 Å². The van der Waals surface area contributed by atoms with Gasteiger partial charge in [0.05, 0.1) is 6.61 Å². The number of hydrogen-bond acceptors (Lipinski definition) is 3. The van der Waals surface area contributed by atoms with E-state index in [2.05, 4.69) is 10.6 Å². The van der Waals surface area contributed by atoms with Crippen LogP contribution in [0.15, 0.2) is 0 Å². The van der Waals surface area contributed by atoms with Crippen LogP contribution < -0.4 is 10.6 Å². The summed E-state index contributed by atoms with van der Waals surface area (Å²) in [6, 6.07) is 0. The van der Waals surface area contributed by atoms with Crippen LogP contribution in [0.25, 0.3) is 0 Å². The molecule has 0 radical (unpaired) electrons. The summed E-state index contributed by atoms with van der Waals surface area (Å²) in [4.78, 5) is 0. The second-order valence-electron chi connectivity index (χ2n) is 2.17. The third-order valence-corrected chi connectivity index (χ3v) is 1.21. The number of rotatable bonds is 7. The first-order valence-electron chi connectivity index (χ1n) is 4.78. The molecular weight excluding hydrogens is 152 g/mol. The number of ether oxygens (including phenoxy) is 1. The lowest BCUT2D eigenvalue weighted by molar-refractivity contribution is 0.135. The molecule has 0 aliphatic carbocycles. The van der Waals surface area contributed by atoms with Gasteiger partial charge in [0.15, 0.2) is 0 Å². The van der Waals surface area contributed by atoms with Crippen LogP contribution in [0, 0.1) is 0 Å². The molecule has 0 aliphatic rings. The number of nitrogens with one attached hydrogen (secondary N) is 2. The summed E-state index contributed by atoms with van der Waals surface area (Å²) in [5.41, 5.74) is 0. The van der Waals surface area contributed by atoms with Crippen LogP contribution in [-0.4, -0.2) is 40.4 Å². The van der Waals surface area contributed by atoms with Gasteiger partial charge in [0.1, 0.15) is 0 Å². The Morgan fingerprint density at radius 3 is 2.00 bits per heavy atom. The molecule has 0 bridgehead atoms. The summed E-state index contributed by atoms with van der Waals surface area (Å²) in [6.07, 6.45) is 1.10. The minimum atomic E-state index is 0.820. The van der Waals surface area contributed by atoms with Gasteiger partial charge < -0.3 is 15.4 Å². The second-order valence-corrected chi connectivity index (χ2v) is 2.17. The molecule has 3 heteroatoms. The van der Waals surface area contributed by atoms with E-state index >= 15 is 0 Å². The molecule has 0 unspecified atom stereocenters. The van der Waals surface area contributed by atoms with E-state index in [1.165, 1.54) is 0 Å². The molecule has 0 aromatic heterocycles. The smallest absolute Gasteiger partial charge is 0.0590 e. The molecule has 76 valence electrons. The van der Waals surface area contributed by atoms with Crippen molar-refractivity contribution in [1.29, 1.82) is 0 Å². The largest absolute Gasteiger partial charge is 0.380 e. The van der Waals surface area contributed by atoms with Gasteiger partial charge in [0.2, 0.25) is 0 Å². The predicted octanol–water partition coefficient (Wildman–Crippen LogP) is 0.858. The molecule has 0 fully saturated rings. The van der Waals surface area contributed by atoms with E-state index in [1.807, 2.05) is 27.9 Å². The van der Waals surface area contributed by atoms with Crippen LogP contribution in [0.4, 0.5) is 0 Å². The van der Waals surface area contributed by atoms with E-state index in [1.54, 1.807) is 0 Å². The zero-order chi connectivity index (χ0) is 9.66. The topological polar surface area (TPSA) is 33.3 Å². The molecular formula is C9H24N2O. The normalized spacial score (nSPS) is 9.00. The van der Waals surface area contributed by atoms with Gasteiger partial charge in [0, 0.05) is 13.2 Å². The van der Waals surface area contributed by atoms with Crippen LogP contribution >= 0.6 is 0 Å². The molecule has 0 atom stereocenters. The Balaban J connectivity index is 0. The van der Waals surface area contributed by atoms with Crippen molar-refractivity contribution in [2.24, 2.45) is 0 Å². The van der Waals surface area contributed by atoms with Gasteiger partial charge in [-0.3, -0.25) is 0 Å². The summed E-state index contributed by atoms with van der Waals surface area (Å²) in [5.74, 6) is 0. The van der Waals surface area contributed by atoms with E-state index < -0.39 is 0 Å². The Morgan fingerprint density at radius 2 is 1.50 bits per heavy atom. The molecule has 0 heterocycles. The van der Waals surface area contributed by atoms with Crippen molar-refractivity contribution in [2.75, 3.05) is 40.4 Å². The highest BCUT2D eigenvalue weighted by Gasteiger charge is 1.85. The van der Waals surface area contributed by atoms with Gasteiger partial charge in [-0.1, -0.05) is 13.8 Å². The molecule has 0 amide bonds. The summed E-state index contributed by atoms with van der Waals surface area (Å²) < 4.78 is 5.27. The van der Waals surface area contributed by atoms with E-state index in [0.717, 1.165) is 32.7 Å². The Labute approximate surface area is 76.9 Å². The van der Waals surface area contributed by atoms with E-state index in [4.69, 9.17) is 4.74 Å². The average Bonchev–Trinajstić information content (AvgIpc) is 2.15. The first-order valence-corrected chi connectivity index (χ1v) is 4.78. The van der Waals surface area contributed by atoms with E-state index in [-0.39, 0.29) is 0 Å². The monoisotopic (exact) mass is 176 g/mol. The zero-order valence-electron chi connectivity index (χ0n) is 8.94. The van der Waals surface area contributed by atoms with Crippen LogP contribution in [0.2, 0.25) is 0 Å². The highest BCUT2D eigenvalue weighted by molar-refractivity contribution is 4.40. The van der Waals surface area contributed by atoms with Crippen LogP contribution in [0.3, 0.4) is 0 Å². The maximum atomic E-state index is 5.27. The Kier molecular flexibility index (Phi) is 20.5. The quantitative estimate of drug-likeness (QED) is 0.564. The lowest BCUT2D eigenvalue weighted by Gasteiger charge is -2.02. The Bertz CT molecular complexity index is 52.5. The number of likely N-dealkylation sites (N-methyl/N-ethyl adjacent to an activating group) is 1. The zero-order valence-corrected chi connectivity index (χ0v) is 8.94. The van der Waals surface area contributed by atoms with Crippen molar-refractivity contribution >= 4 is 0 Å². The maximum Gasteiger partial charge on any atom is 0.0590 e. The summed E-state index contributed by atoms with van der Waals surface area (Å²) in [6.45, 7) is 7.67. The molecule has 0 aliphatic heterocycles. The van der Waals surface area contributed by atoms with Crippen LogP contribution in [-0.2, 0) is 4.74 Å². The second kappa shape index (κ2) is 17.1. The highest BCUT2D eigenvalue weighted by atomic mass is 16.5. The van der Waals surface area contributed by atoms with Crippen molar-refractivity contribution in [2.45, 2.75) is 20.3 Å². The molecule has 0 aromatic carbocycles. The standard InChI is InChI=1S/C7H18N2O.C2H6/c1-8-4-3-6-10-7-5-9-2;1-2/h8-9H,3-7H2,1-2H3;1-2H3. The summed E-state index contributed by atoms with van der Waals surface area (Å²) in [5, 5.41) is 6.08. The fourth-order valence-electron chi connectivity index (χ4n) is 0.627. The minimum absolute atomic E-state index is 0.820. The molecule has 0 spiro atoms. The van der Waals surface area contributed by atoms with Gasteiger partial charge >= 0.3 is 0 Å². The van der Waals surface area contributed by atoms with Crippen LogP contribution in [0.1, 0.15) is 20.3 Å². The fraction of sp³-hybridized carbons (Fsp3) is 1.00. The molecule has 0 aromatic rings. The lowest BCUT2D eigenvalue weighted by atomic mass is 10.4. The van der Waals surface area contributed by atoms with Crippen LogP contribution in [0.5, 0.6) is 0 Å². The first-order chi connectivity index (χ1) is 5.91. The summed E-state index contributed by atoms with van der Waals surface area (Å²) in [7, 11) is 3.88. The maximum absolute atomic E-state index is 5.27. The molecule has 3 nitrogen and oxygen atoms in total. The first kappa shape index (κ1) is 14.4. The minimum Gasteiger partial charge on any atom is -0.380 e. The molecule has 0 rings (SSSR count). The molecule has 12 heavy (non-hydrogen) atoms. The lowest BCUT2D eigenvalue weighted by Crippen LogP contribution is -2.16. The van der Waals surface area contributed by atoms with Crippen molar-refractivity contribution in [1.82, 2.24) is 10.6 Å². The van der Waals surface area contributed by atoms with Gasteiger partial charge in [-0.25, -0.2) is 0 Å². The van der Waals surface area contributed by atoms with Gasteiger partial charge in [-0.15, -0.1) is 0 Å². The Morgan fingerprint density at radius 1 is 0.917 bits per heavy atom. The van der Waals surface area contributed by atoms with E-state index in [9.17, 15) is 0 Å². The van der Waals surface area contributed by atoms with Crippen molar-refractivity contribution in [3.8, 4) is 0 Å². The average molecular weight is 176 g/mol. The third kappa shape index (κ3) is 16.5. The van der Waals surface area contributed by atoms with Gasteiger partial charge in [-0.2, -0.15) is 0 Å².